The van der Waals surface area contributed by atoms with Crippen LogP contribution in [0.25, 0.3) is 11.2 Å². The highest BCUT2D eigenvalue weighted by molar-refractivity contribution is 7.44. The zero-order chi connectivity index (χ0) is 56.4. The summed E-state index contributed by atoms with van der Waals surface area (Å²) in [7, 11) is 2.23. The topological polar surface area (TPSA) is 186 Å². The van der Waals surface area contributed by atoms with E-state index >= 15 is 0 Å². The number of carbonyl (C=O) groups is 1. The quantitative estimate of drug-likeness (QED) is 0.0100. The van der Waals surface area contributed by atoms with Crippen molar-refractivity contribution in [3.8, 4) is 17.6 Å². The largest absolute Gasteiger partial charge is 0.497 e. The molecule has 3 heterocycles. The Hall–Kier alpha value is -6.33. The molecule has 7 rings (SSSR count). The molecule has 20 heteroatoms. The van der Waals surface area contributed by atoms with Crippen LogP contribution in [-0.2, 0) is 39.8 Å². The van der Waals surface area contributed by atoms with Crippen LogP contribution in [0.4, 0.5) is 5.95 Å². The first-order chi connectivity index (χ1) is 37.2. The second-order valence-electron chi connectivity index (χ2n) is 21.2. The summed E-state index contributed by atoms with van der Waals surface area (Å²) in [5.41, 5.74) is 1.33. The number of esters is 1. The molecule has 0 N–H and O–H groups in total. The van der Waals surface area contributed by atoms with Gasteiger partial charge in [-0.1, -0.05) is 93.6 Å². The highest BCUT2D eigenvalue weighted by Gasteiger charge is 2.54. The number of ether oxygens (including phenoxy) is 5. The van der Waals surface area contributed by atoms with Gasteiger partial charge in [0.05, 0.1) is 64.7 Å². The fourth-order valence-electron chi connectivity index (χ4n) is 9.05. The van der Waals surface area contributed by atoms with Crippen LogP contribution in [0.2, 0.25) is 18.1 Å². The third kappa shape index (κ3) is 13.4. The molecule has 1 fully saturated rings. The molecule has 1 aliphatic rings. The van der Waals surface area contributed by atoms with Crippen molar-refractivity contribution < 1.29 is 42.0 Å². The molecule has 0 amide bonds. The second kappa shape index (κ2) is 26.1. The lowest BCUT2D eigenvalue weighted by Gasteiger charge is -2.43. The first-order valence-electron chi connectivity index (χ1n) is 26.2. The maximum Gasteiger partial charge on any atom is 0.338 e. The monoisotopic (exact) mass is 1100 g/mol. The summed E-state index contributed by atoms with van der Waals surface area (Å²) < 4.78 is 58.8. The summed E-state index contributed by atoms with van der Waals surface area (Å²) >= 11 is 0. The SMILES string of the molecule is COc1ccc(C(OC[C@H]2O[C@@H](n3cnc4c(=O)n(CCOC(=O)c5ccccc5)c(N=CN(C)C)nc43)[C@H](OP(OCCC#N)N(C(C)C)C(C)C)[C@@H]2O[Si](C)(C)C(C)(C)C)(c2ccccc2)c2ccc(OC)cc2)cc1. The van der Waals surface area contributed by atoms with Crippen LogP contribution in [0.1, 0.15) is 88.2 Å². The predicted octanol–water partition coefficient (Wildman–Crippen LogP) is 10.6. The molecular formula is C58H75N8O10PSi. The number of rotatable bonds is 25. The first-order valence-corrected chi connectivity index (χ1v) is 30.3. The van der Waals surface area contributed by atoms with Crippen molar-refractivity contribution in [1.29, 1.82) is 5.26 Å². The third-order valence-electron chi connectivity index (χ3n) is 13.9. The normalized spacial score (nSPS) is 17.5. The predicted molar refractivity (Wildman–Crippen MR) is 305 cm³/mol. The molecule has 1 saturated heterocycles. The van der Waals surface area contributed by atoms with Crippen molar-refractivity contribution in [2.75, 3.05) is 48.1 Å². The van der Waals surface area contributed by atoms with E-state index in [9.17, 15) is 14.9 Å². The van der Waals surface area contributed by atoms with E-state index < -0.39 is 58.5 Å². The van der Waals surface area contributed by atoms with E-state index in [0.29, 0.717) is 17.1 Å². The number of aromatic nitrogens is 4. The molecule has 1 unspecified atom stereocenters. The number of methoxy groups -OCH3 is 2. The second-order valence-corrected chi connectivity index (χ2v) is 27.4. The van der Waals surface area contributed by atoms with E-state index in [1.807, 2.05) is 84.9 Å². The minimum Gasteiger partial charge on any atom is -0.497 e. The summed E-state index contributed by atoms with van der Waals surface area (Å²) in [6.45, 7) is 19.1. The molecule has 78 heavy (non-hydrogen) atoms. The van der Waals surface area contributed by atoms with Crippen LogP contribution in [0, 0.1) is 11.3 Å². The third-order valence-corrected chi connectivity index (χ3v) is 20.5. The molecule has 0 bridgehead atoms. The molecule has 6 aromatic rings. The Morgan fingerprint density at radius 2 is 1.44 bits per heavy atom. The molecule has 0 saturated carbocycles. The number of aliphatic imine (C=N–C) groups is 1. The highest BCUT2D eigenvalue weighted by atomic mass is 31.2. The van der Waals surface area contributed by atoms with Crippen molar-refractivity contribution in [2.24, 2.45) is 4.99 Å². The van der Waals surface area contributed by atoms with Gasteiger partial charge in [-0.15, -0.1) is 0 Å². The van der Waals surface area contributed by atoms with Crippen molar-refractivity contribution >= 4 is 46.3 Å². The van der Waals surface area contributed by atoms with E-state index in [-0.39, 0.29) is 67.0 Å². The molecule has 2 aromatic heterocycles. The number of fused-ring (bicyclic) bond motifs is 1. The smallest absolute Gasteiger partial charge is 0.338 e. The summed E-state index contributed by atoms with van der Waals surface area (Å²) in [5.74, 6) is 0.875. The van der Waals surface area contributed by atoms with Gasteiger partial charge in [0.25, 0.3) is 14.1 Å². The summed E-state index contributed by atoms with van der Waals surface area (Å²) in [6.07, 6.45) is -0.488. The Kier molecular flexibility index (Phi) is 19.8. The summed E-state index contributed by atoms with van der Waals surface area (Å²) in [4.78, 5) is 43.9. The van der Waals surface area contributed by atoms with Gasteiger partial charge < -0.3 is 42.1 Å². The lowest BCUT2D eigenvalue weighted by atomic mass is 9.80. The van der Waals surface area contributed by atoms with E-state index in [0.717, 1.165) is 16.7 Å². The molecule has 1 aliphatic heterocycles. The van der Waals surface area contributed by atoms with E-state index in [4.69, 9.17) is 47.1 Å². The molecular weight excluding hydrogens is 1030 g/mol. The molecule has 416 valence electrons. The fourth-order valence-corrected chi connectivity index (χ4v) is 12.1. The number of nitriles is 1. The molecule has 4 aromatic carbocycles. The van der Waals surface area contributed by atoms with Gasteiger partial charge in [-0.05, 0) is 98.9 Å². The zero-order valence-corrected chi connectivity index (χ0v) is 49.0. The van der Waals surface area contributed by atoms with E-state index in [1.54, 1.807) is 62.0 Å². The zero-order valence-electron chi connectivity index (χ0n) is 47.2. The molecule has 5 atom stereocenters. The number of imidazole rings is 1. The number of carbonyl (C=O) groups excluding carboxylic acids is 1. The Bertz CT molecular complexity index is 2980. The average Bonchev–Trinajstić information content (AvgIpc) is 4.04. The lowest BCUT2D eigenvalue weighted by Crippen LogP contribution is -2.51. The summed E-state index contributed by atoms with van der Waals surface area (Å²) in [5, 5.41) is 9.45. The first kappa shape index (κ1) is 59.3. The molecule has 0 aliphatic carbocycles. The van der Waals surface area contributed by atoms with E-state index in [1.165, 1.54) is 17.2 Å². The fraction of sp³-hybridized carbons (Fsp3) is 0.448. The van der Waals surface area contributed by atoms with Crippen LogP contribution in [0.15, 0.2) is 125 Å². The molecule has 18 nitrogen and oxygen atoms in total. The number of hydrogen-bond donors (Lipinski definition) is 0. The maximum absolute atomic E-state index is 14.8. The van der Waals surface area contributed by atoms with Gasteiger partial charge in [-0.25, -0.2) is 19.4 Å². The van der Waals surface area contributed by atoms with Crippen LogP contribution >= 0.6 is 8.53 Å². The van der Waals surface area contributed by atoms with Gasteiger partial charge in [0.1, 0.15) is 42.0 Å². The highest BCUT2D eigenvalue weighted by Crippen LogP contribution is 2.53. The van der Waals surface area contributed by atoms with Gasteiger partial charge in [-0.3, -0.25) is 13.9 Å². The van der Waals surface area contributed by atoms with Crippen LogP contribution < -0.4 is 15.0 Å². The van der Waals surface area contributed by atoms with Crippen molar-refractivity contribution in [2.45, 2.75) is 122 Å². The lowest BCUT2D eigenvalue weighted by molar-refractivity contribution is -0.0928. The minimum absolute atomic E-state index is 0.0257. The Balaban J connectivity index is 1.42. The summed E-state index contributed by atoms with van der Waals surface area (Å²) in [6, 6.07) is 36.5. The minimum atomic E-state index is -2.74. The van der Waals surface area contributed by atoms with Crippen molar-refractivity contribution in [1.82, 2.24) is 28.7 Å². The number of benzene rings is 4. The van der Waals surface area contributed by atoms with Crippen molar-refractivity contribution in [3.63, 3.8) is 0 Å². The Morgan fingerprint density at radius 1 is 0.859 bits per heavy atom. The average molecular weight is 1100 g/mol. The standard InChI is InChI=1S/C58H75N8O10PSi/c1-40(2)66(41(3)4)77(73-35-20-33-59)75-51-50(76-78(12,13)57(5,6)7)48(37-72-58(43-23-18-15-19-24-43,44-25-29-46(69-10)30-26-44)45-27-31-47(70-11)32-28-45)74-54(51)65-39-60-49-52(65)62-56(61-38-63(8)9)64(53(49)67)34-36-71-55(68)42-21-16-14-17-22-42/h14-19,21-32,38-41,48,50-51,54H,20,34-37H2,1-13H3/t48-,50-,51-,54-,77?/m1/s1. The van der Waals surface area contributed by atoms with E-state index in [2.05, 4.69) is 77.3 Å². The van der Waals surface area contributed by atoms with Crippen molar-refractivity contribution in [3.05, 3.63) is 148 Å². The van der Waals surface area contributed by atoms with Crippen LogP contribution in [0.5, 0.6) is 11.5 Å². The van der Waals surface area contributed by atoms with Crippen LogP contribution in [-0.4, -0.2) is 128 Å². The van der Waals surface area contributed by atoms with Crippen LogP contribution in [0.3, 0.4) is 0 Å². The number of nitrogens with zero attached hydrogens (tertiary/aromatic N) is 8. The van der Waals surface area contributed by atoms with Gasteiger partial charge in [-0.2, -0.15) is 10.2 Å². The van der Waals surface area contributed by atoms with Gasteiger partial charge in [0.2, 0.25) is 5.95 Å². The molecule has 0 radical (unpaired) electrons. The van der Waals surface area contributed by atoms with Gasteiger partial charge >= 0.3 is 5.97 Å². The van der Waals surface area contributed by atoms with Gasteiger partial charge in [0, 0.05) is 26.2 Å². The maximum atomic E-state index is 14.8. The Morgan fingerprint density at radius 3 is 1.97 bits per heavy atom. The van der Waals surface area contributed by atoms with Gasteiger partial charge in [0.15, 0.2) is 25.7 Å². The molecule has 0 spiro atoms. The Labute approximate surface area is 460 Å². The number of hydrogen-bond acceptors (Lipinski definition) is 15.